The minimum atomic E-state index is -3.53. The summed E-state index contributed by atoms with van der Waals surface area (Å²) in [5.41, 5.74) is 0.676. The van der Waals surface area contributed by atoms with Crippen molar-refractivity contribution >= 4 is 10.0 Å². The standard InChI is InChI=1S/C14H19N5O2S/c1-10-5-3-8-13(10)16-22(20,21)12-7-4-6-11(9-12)14-15-17-18-19(14)2/h4,6-7,9-10,13,16H,3,5,8H2,1-2H3/t10-,13+/m0/s1. The van der Waals surface area contributed by atoms with Crippen LogP contribution < -0.4 is 4.72 Å². The van der Waals surface area contributed by atoms with Gasteiger partial charge in [-0.05, 0) is 41.3 Å². The third-order valence-electron chi connectivity index (χ3n) is 4.19. The van der Waals surface area contributed by atoms with Gasteiger partial charge >= 0.3 is 0 Å². The SMILES string of the molecule is C[C@H]1CCC[C@H]1NS(=O)(=O)c1cccc(-c2nnnn2C)c1. The lowest BCUT2D eigenvalue weighted by atomic mass is 10.1. The Kier molecular flexibility index (Phi) is 3.96. The summed E-state index contributed by atoms with van der Waals surface area (Å²) in [6.45, 7) is 2.09. The minimum absolute atomic E-state index is 0.0187. The molecule has 0 unspecified atom stereocenters. The van der Waals surface area contributed by atoms with E-state index in [4.69, 9.17) is 0 Å². The Hall–Kier alpha value is -1.80. The van der Waals surface area contributed by atoms with Crippen LogP contribution in [0.5, 0.6) is 0 Å². The zero-order chi connectivity index (χ0) is 15.7. The van der Waals surface area contributed by atoms with Crippen molar-refractivity contribution in [1.82, 2.24) is 24.9 Å². The second-order valence-corrected chi connectivity index (χ2v) is 7.50. The molecule has 1 heterocycles. The molecule has 0 radical (unpaired) electrons. The third kappa shape index (κ3) is 2.89. The molecule has 1 saturated carbocycles. The van der Waals surface area contributed by atoms with Crippen molar-refractivity contribution in [3.8, 4) is 11.4 Å². The van der Waals surface area contributed by atoms with Gasteiger partial charge in [0.25, 0.3) is 0 Å². The van der Waals surface area contributed by atoms with Crippen molar-refractivity contribution in [2.24, 2.45) is 13.0 Å². The third-order valence-corrected chi connectivity index (χ3v) is 5.68. The molecule has 0 aliphatic heterocycles. The maximum Gasteiger partial charge on any atom is 0.240 e. The number of hydrogen-bond acceptors (Lipinski definition) is 5. The summed E-state index contributed by atoms with van der Waals surface area (Å²) < 4.78 is 29.5. The second kappa shape index (κ2) is 5.77. The quantitative estimate of drug-likeness (QED) is 0.918. The molecule has 1 aromatic carbocycles. The maximum absolute atomic E-state index is 12.6. The van der Waals surface area contributed by atoms with E-state index < -0.39 is 10.0 Å². The summed E-state index contributed by atoms with van der Waals surface area (Å²) >= 11 is 0. The smallest absolute Gasteiger partial charge is 0.229 e. The van der Waals surface area contributed by atoms with Crippen molar-refractivity contribution < 1.29 is 8.42 Å². The van der Waals surface area contributed by atoms with Gasteiger partial charge in [0.05, 0.1) is 4.90 Å². The molecule has 0 saturated heterocycles. The van der Waals surface area contributed by atoms with Gasteiger partial charge in [-0.1, -0.05) is 25.5 Å². The van der Waals surface area contributed by atoms with Crippen LogP contribution in [-0.2, 0) is 17.1 Å². The lowest BCUT2D eigenvalue weighted by molar-refractivity contribution is 0.476. The maximum atomic E-state index is 12.6. The number of nitrogens with zero attached hydrogens (tertiary/aromatic N) is 4. The van der Waals surface area contributed by atoms with Crippen LogP contribution in [0.3, 0.4) is 0 Å². The topological polar surface area (TPSA) is 89.8 Å². The first-order valence-corrected chi connectivity index (χ1v) is 8.81. The van der Waals surface area contributed by atoms with Crippen LogP contribution in [0.1, 0.15) is 26.2 Å². The molecule has 0 amide bonds. The summed E-state index contributed by atoms with van der Waals surface area (Å²) in [6.07, 6.45) is 3.03. The van der Waals surface area contributed by atoms with Crippen LogP contribution in [-0.4, -0.2) is 34.7 Å². The second-order valence-electron chi connectivity index (χ2n) is 5.79. The monoisotopic (exact) mass is 321 g/mol. The van der Waals surface area contributed by atoms with Crippen molar-refractivity contribution in [2.45, 2.75) is 37.1 Å². The van der Waals surface area contributed by atoms with Gasteiger partial charge in [-0.25, -0.2) is 17.8 Å². The molecule has 1 fully saturated rings. The molecule has 118 valence electrons. The van der Waals surface area contributed by atoms with E-state index in [0.717, 1.165) is 19.3 Å². The van der Waals surface area contributed by atoms with E-state index in [2.05, 4.69) is 27.2 Å². The van der Waals surface area contributed by atoms with Crippen LogP contribution in [0.25, 0.3) is 11.4 Å². The van der Waals surface area contributed by atoms with Gasteiger partial charge in [0, 0.05) is 18.7 Å². The fourth-order valence-electron chi connectivity index (χ4n) is 2.86. The molecule has 2 aromatic rings. The zero-order valence-corrected chi connectivity index (χ0v) is 13.4. The van der Waals surface area contributed by atoms with Crippen molar-refractivity contribution in [2.75, 3.05) is 0 Å². The first-order valence-electron chi connectivity index (χ1n) is 7.32. The highest BCUT2D eigenvalue weighted by Crippen LogP contribution is 2.27. The van der Waals surface area contributed by atoms with Gasteiger partial charge in [-0.15, -0.1) is 5.10 Å². The van der Waals surface area contributed by atoms with E-state index in [-0.39, 0.29) is 10.9 Å². The van der Waals surface area contributed by atoms with E-state index in [9.17, 15) is 8.42 Å². The summed E-state index contributed by atoms with van der Waals surface area (Å²) in [4.78, 5) is 0.243. The van der Waals surface area contributed by atoms with Crippen LogP contribution in [0.2, 0.25) is 0 Å². The highest BCUT2D eigenvalue weighted by Gasteiger charge is 2.28. The zero-order valence-electron chi connectivity index (χ0n) is 12.6. The largest absolute Gasteiger partial charge is 0.240 e. The molecule has 1 aromatic heterocycles. The molecular weight excluding hydrogens is 302 g/mol. The average molecular weight is 321 g/mol. The first-order chi connectivity index (χ1) is 10.5. The lowest BCUT2D eigenvalue weighted by Gasteiger charge is -2.17. The Morgan fingerprint density at radius 3 is 2.77 bits per heavy atom. The first kappa shape index (κ1) is 15.1. The summed E-state index contributed by atoms with van der Waals surface area (Å²) in [6, 6.07) is 6.72. The van der Waals surface area contributed by atoms with E-state index in [1.165, 1.54) is 4.68 Å². The van der Waals surface area contributed by atoms with Crippen LogP contribution >= 0.6 is 0 Å². The van der Waals surface area contributed by atoms with Gasteiger partial charge in [-0.3, -0.25) is 0 Å². The minimum Gasteiger partial charge on any atom is -0.229 e. The predicted molar refractivity (Wildman–Crippen MR) is 81.4 cm³/mol. The number of rotatable bonds is 4. The number of sulfonamides is 1. The molecule has 1 N–H and O–H groups in total. The van der Waals surface area contributed by atoms with Gasteiger partial charge in [0.2, 0.25) is 10.0 Å². The Labute approximate surface area is 129 Å². The van der Waals surface area contributed by atoms with Crippen molar-refractivity contribution in [3.63, 3.8) is 0 Å². The molecule has 2 atom stereocenters. The number of tetrazole rings is 1. The number of aromatic nitrogens is 4. The molecule has 3 rings (SSSR count). The number of hydrogen-bond donors (Lipinski definition) is 1. The van der Waals surface area contributed by atoms with Crippen molar-refractivity contribution in [3.05, 3.63) is 24.3 Å². The van der Waals surface area contributed by atoms with E-state index in [1.807, 2.05) is 0 Å². The van der Waals surface area contributed by atoms with E-state index in [1.54, 1.807) is 31.3 Å². The van der Waals surface area contributed by atoms with E-state index >= 15 is 0 Å². The highest BCUT2D eigenvalue weighted by molar-refractivity contribution is 7.89. The molecule has 1 aliphatic carbocycles. The fraction of sp³-hybridized carbons (Fsp3) is 0.500. The van der Waals surface area contributed by atoms with Gasteiger partial charge in [0.1, 0.15) is 0 Å². The van der Waals surface area contributed by atoms with Gasteiger partial charge in [0.15, 0.2) is 5.82 Å². The van der Waals surface area contributed by atoms with Gasteiger partial charge in [-0.2, -0.15) is 0 Å². The van der Waals surface area contributed by atoms with Crippen molar-refractivity contribution in [1.29, 1.82) is 0 Å². The normalized spacial score (nSPS) is 22.1. The molecule has 7 nitrogen and oxygen atoms in total. The Morgan fingerprint density at radius 1 is 1.32 bits per heavy atom. The van der Waals surface area contributed by atoms with E-state index in [0.29, 0.717) is 17.3 Å². The summed E-state index contributed by atoms with van der Waals surface area (Å²) in [5.74, 6) is 0.909. The molecule has 22 heavy (non-hydrogen) atoms. The number of nitrogens with one attached hydrogen (secondary N) is 1. The Bertz CT molecular complexity index is 771. The predicted octanol–water partition coefficient (Wildman–Crippen LogP) is 1.34. The fourth-order valence-corrected chi connectivity index (χ4v) is 4.29. The Balaban J connectivity index is 1.89. The summed E-state index contributed by atoms with van der Waals surface area (Å²) in [7, 11) is -1.81. The lowest BCUT2D eigenvalue weighted by Crippen LogP contribution is -2.36. The summed E-state index contributed by atoms with van der Waals surface area (Å²) in [5, 5.41) is 11.3. The van der Waals surface area contributed by atoms with Crippen LogP contribution in [0.15, 0.2) is 29.2 Å². The number of benzene rings is 1. The highest BCUT2D eigenvalue weighted by atomic mass is 32.2. The molecule has 0 bridgehead atoms. The molecule has 8 heteroatoms. The molecule has 1 aliphatic rings. The molecule has 0 spiro atoms. The van der Waals surface area contributed by atoms with Gasteiger partial charge < -0.3 is 0 Å². The number of aryl methyl sites for hydroxylation is 1. The Morgan fingerprint density at radius 2 is 2.14 bits per heavy atom. The molecular formula is C14H19N5O2S. The average Bonchev–Trinajstić information content (AvgIpc) is 3.08. The van der Waals surface area contributed by atoms with Crippen LogP contribution in [0, 0.1) is 5.92 Å². The van der Waals surface area contributed by atoms with Crippen LogP contribution in [0.4, 0.5) is 0 Å².